The SMILES string of the molecule is c1ccc(-c2nc(-c3ccccc3)nc(-c3ccc4oc5ccc(-c6cccc7c6Cc6cncnc6-7)cc5c4c3)n2)cc1. The summed E-state index contributed by atoms with van der Waals surface area (Å²) in [5.74, 6) is 1.89. The number of benzene rings is 5. The van der Waals surface area contributed by atoms with E-state index >= 15 is 0 Å². The number of aromatic nitrogens is 5. The van der Waals surface area contributed by atoms with Gasteiger partial charge in [-0.25, -0.2) is 24.9 Å². The van der Waals surface area contributed by atoms with Crippen LogP contribution in [0.3, 0.4) is 0 Å². The van der Waals surface area contributed by atoms with Gasteiger partial charge >= 0.3 is 0 Å². The highest BCUT2D eigenvalue weighted by Crippen LogP contribution is 2.42. The van der Waals surface area contributed by atoms with Crippen molar-refractivity contribution in [3.63, 3.8) is 0 Å². The van der Waals surface area contributed by atoms with Crippen molar-refractivity contribution in [1.29, 1.82) is 0 Å². The summed E-state index contributed by atoms with van der Waals surface area (Å²) < 4.78 is 6.29. The molecule has 1 aliphatic rings. The van der Waals surface area contributed by atoms with Crippen molar-refractivity contribution in [2.45, 2.75) is 6.42 Å². The largest absolute Gasteiger partial charge is 0.456 e. The van der Waals surface area contributed by atoms with Crippen LogP contribution in [0.25, 0.3) is 78.5 Å². The van der Waals surface area contributed by atoms with Gasteiger partial charge in [0.2, 0.25) is 0 Å². The lowest BCUT2D eigenvalue weighted by atomic mass is 9.95. The zero-order chi connectivity index (χ0) is 29.0. The van der Waals surface area contributed by atoms with Crippen molar-refractivity contribution in [3.05, 3.63) is 139 Å². The Labute approximate surface area is 252 Å². The van der Waals surface area contributed by atoms with Gasteiger partial charge in [-0.2, -0.15) is 0 Å². The molecule has 0 fully saturated rings. The molecule has 0 saturated heterocycles. The summed E-state index contributed by atoms with van der Waals surface area (Å²) >= 11 is 0. The van der Waals surface area contributed by atoms with E-state index in [1.54, 1.807) is 6.33 Å². The minimum Gasteiger partial charge on any atom is -0.456 e. The van der Waals surface area contributed by atoms with Crippen LogP contribution >= 0.6 is 0 Å². The van der Waals surface area contributed by atoms with Gasteiger partial charge in [0.05, 0.1) is 5.69 Å². The van der Waals surface area contributed by atoms with Gasteiger partial charge in [0, 0.05) is 51.2 Å². The predicted octanol–water partition coefficient (Wildman–Crippen LogP) is 8.80. The summed E-state index contributed by atoms with van der Waals surface area (Å²) in [6.45, 7) is 0. The van der Waals surface area contributed by atoms with Crippen molar-refractivity contribution in [2.75, 3.05) is 0 Å². The van der Waals surface area contributed by atoms with Gasteiger partial charge in [0.15, 0.2) is 17.5 Å². The first-order chi connectivity index (χ1) is 21.8. The third kappa shape index (κ3) is 4.00. The molecule has 6 heteroatoms. The van der Waals surface area contributed by atoms with E-state index in [1.165, 1.54) is 16.7 Å². The molecule has 0 bridgehead atoms. The summed E-state index contributed by atoms with van der Waals surface area (Å²) in [4.78, 5) is 23.5. The molecule has 5 aromatic carbocycles. The van der Waals surface area contributed by atoms with Crippen LogP contribution in [-0.2, 0) is 6.42 Å². The summed E-state index contributed by atoms with van der Waals surface area (Å²) in [5, 5.41) is 2.07. The molecule has 206 valence electrons. The van der Waals surface area contributed by atoms with Crippen LogP contribution in [0.2, 0.25) is 0 Å². The number of fused-ring (bicyclic) bond motifs is 6. The van der Waals surface area contributed by atoms with Crippen LogP contribution in [0.5, 0.6) is 0 Å². The number of furan rings is 1. The van der Waals surface area contributed by atoms with E-state index in [2.05, 4.69) is 52.4 Å². The first-order valence-corrected chi connectivity index (χ1v) is 14.5. The van der Waals surface area contributed by atoms with Gasteiger partial charge in [-0.1, -0.05) is 84.9 Å². The third-order valence-corrected chi connectivity index (χ3v) is 8.32. The van der Waals surface area contributed by atoms with E-state index in [-0.39, 0.29) is 0 Å². The highest BCUT2D eigenvalue weighted by molar-refractivity contribution is 6.07. The lowest BCUT2D eigenvalue weighted by Crippen LogP contribution is -2.00. The molecule has 6 nitrogen and oxygen atoms in total. The number of hydrogen-bond acceptors (Lipinski definition) is 6. The Bertz CT molecular complexity index is 2310. The van der Waals surface area contributed by atoms with Crippen LogP contribution in [0, 0.1) is 0 Å². The molecule has 0 unspecified atom stereocenters. The first-order valence-electron chi connectivity index (χ1n) is 14.5. The molecule has 0 N–H and O–H groups in total. The molecule has 3 heterocycles. The zero-order valence-electron chi connectivity index (χ0n) is 23.5. The number of rotatable bonds is 4. The van der Waals surface area contributed by atoms with Gasteiger partial charge in [0.1, 0.15) is 17.5 Å². The zero-order valence-corrected chi connectivity index (χ0v) is 23.5. The Hall–Kier alpha value is -6.01. The fourth-order valence-corrected chi connectivity index (χ4v) is 6.21. The van der Waals surface area contributed by atoms with Gasteiger partial charge in [-0.15, -0.1) is 0 Å². The van der Waals surface area contributed by atoms with Crippen LogP contribution in [0.1, 0.15) is 11.1 Å². The molecule has 0 radical (unpaired) electrons. The minimum atomic E-state index is 0.616. The first kappa shape index (κ1) is 24.6. The second-order valence-electron chi connectivity index (χ2n) is 11.0. The molecule has 3 aromatic heterocycles. The fourth-order valence-electron chi connectivity index (χ4n) is 6.21. The van der Waals surface area contributed by atoms with Gasteiger partial charge in [-0.05, 0) is 47.0 Å². The Balaban J connectivity index is 1.19. The standard InChI is InChI=1S/C38H23N5O/c1-3-8-23(9-4-1)36-41-37(24-10-5-2-6-11-24)43-38(42-36)26-15-17-34-32(19-26)31-18-25(14-16-33(31)44-34)28-12-7-13-29-30(28)20-27-21-39-22-40-35(27)29/h1-19,21-22H,20H2. The molecule has 8 aromatic rings. The van der Waals surface area contributed by atoms with E-state index in [4.69, 9.17) is 19.4 Å². The van der Waals surface area contributed by atoms with Gasteiger partial charge in [0.25, 0.3) is 0 Å². The highest BCUT2D eigenvalue weighted by atomic mass is 16.3. The van der Waals surface area contributed by atoms with E-state index in [1.807, 2.05) is 79.0 Å². The monoisotopic (exact) mass is 565 g/mol. The Morgan fingerprint density at radius 3 is 1.80 bits per heavy atom. The number of nitrogens with zero attached hydrogens (tertiary/aromatic N) is 5. The van der Waals surface area contributed by atoms with Crippen molar-refractivity contribution in [2.24, 2.45) is 0 Å². The second-order valence-corrected chi connectivity index (χ2v) is 11.0. The maximum absolute atomic E-state index is 6.29. The Morgan fingerprint density at radius 2 is 1.11 bits per heavy atom. The quantitative estimate of drug-likeness (QED) is 0.212. The summed E-state index contributed by atoms with van der Waals surface area (Å²) in [6, 6.07) is 39.1. The summed E-state index contributed by atoms with van der Waals surface area (Å²) in [6.07, 6.45) is 4.37. The van der Waals surface area contributed by atoms with Crippen molar-refractivity contribution < 1.29 is 4.42 Å². The van der Waals surface area contributed by atoms with E-state index < -0.39 is 0 Å². The van der Waals surface area contributed by atoms with Gasteiger partial charge in [-0.3, -0.25) is 0 Å². The van der Waals surface area contributed by atoms with Gasteiger partial charge < -0.3 is 4.42 Å². The molecule has 1 aliphatic carbocycles. The summed E-state index contributed by atoms with van der Waals surface area (Å²) in [7, 11) is 0. The average Bonchev–Trinajstić information content (AvgIpc) is 3.66. The maximum atomic E-state index is 6.29. The second kappa shape index (κ2) is 9.78. The van der Waals surface area contributed by atoms with Crippen LogP contribution < -0.4 is 0 Å². The molecule has 0 aliphatic heterocycles. The molecule has 0 atom stereocenters. The van der Waals surface area contributed by atoms with Crippen molar-refractivity contribution >= 4 is 21.9 Å². The van der Waals surface area contributed by atoms with Crippen LogP contribution in [0.15, 0.2) is 132 Å². The normalized spacial score (nSPS) is 12.0. The molecule has 9 rings (SSSR count). The molecular weight excluding hydrogens is 542 g/mol. The molecule has 0 spiro atoms. The lowest BCUT2D eigenvalue weighted by molar-refractivity contribution is 0.669. The summed E-state index contributed by atoms with van der Waals surface area (Å²) in [5.41, 5.74) is 11.4. The average molecular weight is 566 g/mol. The van der Waals surface area contributed by atoms with Crippen LogP contribution in [-0.4, -0.2) is 24.9 Å². The van der Waals surface area contributed by atoms with Crippen molar-refractivity contribution in [3.8, 4) is 56.5 Å². The van der Waals surface area contributed by atoms with Crippen LogP contribution in [0.4, 0.5) is 0 Å². The predicted molar refractivity (Wildman–Crippen MR) is 173 cm³/mol. The third-order valence-electron chi connectivity index (χ3n) is 8.32. The van der Waals surface area contributed by atoms with E-state index in [0.29, 0.717) is 17.5 Å². The highest BCUT2D eigenvalue weighted by Gasteiger charge is 2.23. The molecule has 44 heavy (non-hydrogen) atoms. The maximum Gasteiger partial charge on any atom is 0.164 e. The van der Waals surface area contributed by atoms with E-state index in [9.17, 15) is 0 Å². The topological polar surface area (TPSA) is 77.6 Å². The molecule has 0 saturated carbocycles. The minimum absolute atomic E-state index is 0.616. The fraction of sp³-hybridized carbons (Fsp3) is 0.0263. The Morgan fingerprint density at radius 1 is 0.523 bits per heavy atom. The molecule has 0 amide bonds. The lowest BCUT2D eigenvalue weighted by Gasteiger charge is -2.09. The number of hydrogen-bond donors (Lipinski definition) is 0. The van der Waals surface area contributed by atoms with Crippen molar-refractivity contribution in [1.82, 2.24) is 24.9 Å². The Kier molecular flexibility index (Phi) is 5.46. The van der Waals surface area contributed by atoms with E-state index in [0.717, 1.165) is 61.9 Å². The smallest absolute Gasteiger partial charge is 0.164 e. The molecular formula is C38H23N5O.